The molecule has 0 amide bonds. The van der Waals surface area contributed by atoms with Gasteiger partial charge in [0, 0.05) is 36.9 Å². The van der Waals surface area contributed by atoms with Crippen LogP contribution in [0.4, 0.5) is 0 Å². The van der Waals surface area contributed by atoms with Gasteiger partial charge in [-0.3, -0.25) is 9.80 Å². The number of pyridine rings is 1. The van der Waals surface area contributed by atoms with E-state index in [1.165, 1.54) is 17.3 Å². The molecule has 278 valence electrons. The van der Waals surface area contributed by atoms with Crippen LogP contribution in [0.1, 0.15) is 55.8 Å². The van der Waals surface area contributed by atoms with Crippen molar-refractivity contribution < 1.29 is 33.2 Å². The van der Waals surface area contributed by atoms with Crippen molar-refractivity contribution in [2.45, 2.75) is 37.8 Å². The number of carbonyl (C=O) groups excluding carboxylic acids is 1. The number of hydrogen-bond donors (Lipinski definition) is 0. The van der Waals surface area contributed by atoms with E-state index in [0.717, 1.165) is 60.4 Å². The zero-order valence-electron chi connectivity index (χ0n) is 31.0. The predicted octanol–water partition coefficient (Wildman–Crippen LogP) is 8.42. The maximum atomic E-state index is 13.9. The smallest absolute Gasteiger partial charge is 0.346 e. The van der Waals surface area contributed by atoms with Crippen molar-refractivity contribution in [1.82, 2.24) is 14.8 Å². The third-order valence-electron chi connectivity index (χ3n) is 10.8. The number of benzene rings is 4. The van der Waals surface area contributed by atoms with E-state index in [0.29, 0.717) is 40.9 Å². The molecule has 2 atom stereocenters. The lowest BCUT2D eigenvalue weighted by atomic mass is 9.87. The van der Waals surface area contributed by atoms with Crippen molar-refractivity contribution in [2.75, 3.05) is 48.5 Å². The van der Waals surface area contributed by atoms with Gasteiger partial charge in [0.1, 0.15) is 10.9 Å². The zero-order valence-corrected chi connectivity index (χ0v) is 31.7. The molecule has 0 N–H and O–H groups in total. The first-order valence-corrected chi connectivity index (χ1v) is 18.4. The van der Waals surface area contributed by atoms with Crippen LogP contribution in [0.5, 0.6) is 46.0 Å². The first-order chi connectivity index (χ1) is 26.2. The Morgan fingerprint density at radius 1 is 0.759 bits per heavy atom. The minimum atomic E-state index is -0.687. The molecule has 0 unspecified atom stereocenters. The molecule has 5 aromatic rings. The number of esters is 1. The van der Waals surface area contributed by atoms with Gasteiger partial charge in [-0.2, -0.15) is 0 Å². The molecule has 0 saturated carbocycles. The van der Waals surface area contributed by atoms with E-state index in [4.69, 9.17) is 40.0 Å². The van der Waals surface area contributed by atoms with Gasteiger partial charge in [-0.25, -0.2) is 9.78 Å². The van der Waals surface area contributed by atoms with E-state index in [9.17, 15) is 4.79 Å². The van der Waals surface area contributed by atoms with Gasteiger partial charge in [-0.15, -0.1) is 0 Å². The Hall–Kier alpha value is -5.29. The second-order valence-corrected chi connectivity index (χ2v) is 14.3. The number of fused-ring (bicyclic) bond motifs is 2. The van der Waals surface area contributed by atoms with Gasteiger partial charge in [0.15, 0.2) is 34.5 Å². The van der Waals surface area contributed by atoms with Gasteiger partial charge in [-0.1, -0.05) is 29.8 Å². The number of carbonyl (C=O) groups is 1. The van der Waals surface area contributed by atoms with Gasteiger partial charge >= 0.3 is 5.97 Å². The molecule has 4 aliphatic rings. The van der Waals surface area contributed by atoms with Gasteiger partial charge < -0.3 is 28.4 Å². The number of nitrogens with zero attached hydrogens (tertiary/aromatic N) is 3. The van der Waals surface area contributed by atoms with Crippen molar-refractivity contribution >= 4 is 17.6 Å². The normalized spacial score (nSPS) is 18.0. The molecular weight excluding hydrogens is 706 g/mol. The van der Waals surface area contributed by atoms with E-state index in [-0.39, 0.29) is 28.5 Å². The monoisotopic (exact) mass is 747 g/mol. The molecule has 5 heterocycles. The summed E-state index contributed by atoms with van der Waals surface area (Å²) in [6.07, 6.45) is 4.46. The topological polar surface area (TPSA) is 91.8 Å². The highest BCUT2D eigenvalue weighted by Crippen LogP contribution is 2.52. The first kappa shape index (κ1) is 35.7. The van der Waals surface area contributed by atoms with Crippen LogP contribution in [0.25, 0.3) is 0 Å². The quantitative estimate of drug-likeness (QED) is 0.0992. The van der Waals surface area contributed by atoms with Crippen LogP contribution in [-0.4, -0.2) is 69.3 Å². The molecule has 6 bridgehead atoms. The van der Waals surface area contributed by atoms with Crippen LogP contribution in [0.15, 0.2) is 79.0 Å². The van der Waals surface area contributed by atoms with E-state index >= 15 is 0 Å². The van der Waals surface area contributed by atoms with Crippen molar-refractivity contribution in [1.29, 1.82) is 0 Å². The first-order valence-electron chi connectivity index (χ1n) is 18.0. The van der Waals surface area contributed by atoms with Gasteiger partial charge in [0.2, 0.25) is 5.75 Å². The Labute approximate surface area is 320 Å². The molecule has 0 radical (unpaired) electrons. The standard InChI is InChI=1S/C43H42ClN3O7/c1-46-17-14-27-22-35(50-4)37-24-31(27)32(46)19-25-8-11-29(12-9-25)52-36-21-26(10-13-34(36)49-3)20-33-39-28(15-18-47(33)2)23-38(51-5)40(41(39)53-37)54-43(48)30-7-6-16-45-42(30)44/h6-13,16,21-24,32-33H,14-15,17-20H2,1-5H3/t32-,33-/m0/s1. The van der Waals surface area contributed by atoms with Crippen LogP contribution in [0, 0.1) is 0 Å². The third kappa shape index (κ3) is 6.70. The Kier molecular flexibility index (Phi) is 9.83. The number of likely N-dealkylation sites (N-methyl/N-ethyl adjacent to an activating group) is 2. The van der Waals surface area contributed by atoms with Gasteiger partial charge in [0.25, 0.3) is 0 Å². The van der Waals surface area contributed by atoms with Crippen molar-refractivity contribution in [3.63, 3.8) is 0 Å². The van der Waals surface area contributed by atoms with Crippen LogP contribution >= 0.6 is 11.6 Å². The van der Waals surface area contributed by atoms with E-state index in [1.807, 2.05) is 36.4 Å². The fourth-order valence-electron chi connectivity index (χ4n) is 7.86. The Balaban J connectivity index is 1.37. The average molecular weight is 748 g/mol. The van der Waals surface area contributed by atoms with Crippen LogP contribution in [-0.2, 0) is 25.7 Å². The average Bonchev–Trinajstić information content (AvgIpc) is 3.18. The number of methoxy groups -OCH3 is 3. The highest BCUT2D eigenvalue weighted by molar-refractivity contribution is 6.32. The molecule has 0 spiro atoms. The third-order valence-corrected chi connectivity index (χ3v) is 11.1. The summed E-state index contributed by atoms with van der Waals surface area (Å²) in [7, 11) is 9.10. The summed E-state index contributed by atoms with van der Waals surface area (Å²) in [6, 6.07) is 23.5. The van der Waals surface area contributed by atoms with E-state index in [2.05, 4.69) is 53.1 Å². The van der Waals surface area contributed by atoms with E-state index < -0.39 is 5.97 Å². The molecule has 0 saturated heterocycles. The Morgan fingerprint density at radius 2 is 1.43 bits per heavy atom. The number of ether oxygens (including phenoxy) is 6. The maximum Gasteiger partial charge on any atom is 0.346 e. The Morgan fingerprint density at radius 3 is 2.17 bits per heavy atom. The summed E-state index contributed by atoms with van der Waals surface area (Å²) >= 11 is 6.39. The molecule has 54 heavy (non-hydrogen) atoms. The molecule has 11 heteroatoms. The number of halogens is 1. The minimum absolute atomic E-state index is 0.0335. The molecule has 9 rings (SSSR count). The van der Waals surface area contributed by atoms with E-state index in [1.54, 1.807) is 33.5 Å². The number of rotatable bonds is 5. The maximum absolute atomic E-state index is 13.9. The zero-order chi connectivity index (χ0) is 37.5. The van der Waals surface area contributed by atoms with Crippen LogP contribution < -0.4 is 28.4 Å². The summed E-state index contributed by atoms with van der Waals surface area (Å²) in [5.41, 5.74) is 6.56. The largest absolute Gasteiger partial charge is 0.493 e. The van der Waals surface area contributed by atoms with Crippen LogP contribution in [0.2, 0.25) is 5.15 Å². The minimum Gasteiger partial charge on any atom is -0.493 e. The summed E-state index contributed by atoms with van der Waals surface area (Å²) in [5.74, 6) is 3.25. The summed E-state index contributed by atoms with van der Waals surface area (Å²) in [4.78, 5) is 22.6. The molecule has 4 aromatic carbocycles. The molecule has 1 aromatic heterocycles. The fraction of sp³-hybridized carbons (Fsp3) is 0.302. The van der Waals surface area contributed by atoms with Crippen molar-refractivity contribution in [3.8, 4) is 46.0 Å². The van der Waals surface area contributed by atoms with Gasteiger partial charge in [0.05, 0.1) is 26.9 Å². The molecule has 4 aliphatic heterocycles. The lowest BCUT2D eigenvalue weighted by molar-refractivity contribution is 0.0723. The number of hydrogen-bond acceptors (Lipinski definition) is 10. The SMILES string of the molecule is COc1ccc2cc1Oc1ccc(cc1)C[C@H]1c3cc(c(OC)cc3CCN1C)Oc1c(OC(=O)c3cccnc3Cl)c(OC)cc3c1[C@H](C2)N(C)CC3. The lowest BCUT2D eigenvalue weighted by Crippen LogP contribution is -2.34. The van der Waals surface area contributed by atoms with Crippen LogP contribution in [0.3, 0.4) is 0 Å². The highest BCUT2D eigenvalue weighted by Gasteiger charge is 2.36. The predicted molar refractivity (Wildman–Crippen MR) is 205 cm³/mol. The molecule has 0 fully saturated rings. The van der Waals surface area contributed by atoms with Gasteiger partial charge in [-0.05, 0) is 122 Å². The summed E-state index contributed by atoms with van der Waals surface area (Å²) in [6.45, 7) is 1.68. The second-order valence-electron chi connectivity index (χ2n) is 14.0. The molecule has 10 nitrogen and oxygen atoms in total. The highest BCUT2D eigenvalue weighted by atomic mass is 35.5. The molecule has 0 aliphatic carbocycles. The Bertz CT molecular complexity index is 2230. The number of aromatic nitrogens is 1. The van der Waals surface area contributed by atoms with Crippen molar-refractivity contribution in [2.24, 2.45) is 0 Å². The second kappa shape index (κ2) is 14.9. The van der Waals surface area contributed by atoms with Crippen molar-refractivity contribution in [3.05, 3.63) is 123 Å². The fourth-order valence-corrected chi connectivity index (χ4v) is 8.06. The summed E-state index contributed by atoms with van der Waals surface area (Å²) < 4.78 is 37.5. The molecular formula is C43H42ClN3O7. The lowest BCUT2D eigenvalue weighted by Gasteiger charge is -2.37. The summed E-state index contributed by atoms with van der Waals surface area (Å²) in [5, 5.41) is 0.0335.